The first-order valence-electron chi connectivity index (χ1n) is 31.2. The van der Waals surface area contributed by atoms with Crippen molar-refractivity contribution in [2.75, 3.05) is 19.8 Å². The molecule has 2 rings (SSSR count). The molecule has 12 unspecified atom stereocenters. The van der Waals surface area contributed by atoms with Gasteiger partial charge in [-0.3, -0.25) is 4.79 Å². The van der Waals surface area contributed by atoms with Crippen LogP contribution in [0.25, 0.3) is 0 Å². The molecule has 446 valence electrons. The minimum Gasteiger partial charge on any atom is -0.394 e. The quantitative estimate of drug-likeness (QED) is 0.0204. The molecule has 2 heterocycles. The molecule has 0 saturated carbocycles. The van der Waals surface area contributed by atoms with Gasteiger partial charge in [-0.15, -0.1) is 0 Å². The summed E-state index contributed by atoms with van der Waals surface area (Å²) >= 11 is 0. The van der Waals surface area contributed by atoms with Crippen LogP contribution in [0, 0.1) is 0 Å². The second-order valence-electron chi connectivity index (χ2n) is 22.2. The van der Waals surface area contributed by atoms with Gasteiger partial charge in [0.15, 0.2) is 12.6 Å². The van der Waals surface area contributed by atoms with Crippen molar-refractivity contribution in [3.63, 3.8) is 0 Å². The molecule has 2 saturated heterocycles. The van der Waals surface area contributed by atoms with Crippen molar-refractivity contribution >= 4 is 5.91 Å². The molecule has 2 aliphatic heterocycles. The maximum absolute atomic E-state index is 13.3. The van der Waals surface area contributed by atoms with Gasteiger partial charge < -0.3 is 65.1 Å². The number of amides is 1. The smallest absolute Gasteiger partial charge is 0.220 e. The summed E-state index contributed by atoms with van der Waals surface area (Å²) in [6.07, 6.45) is 41.9. The lowest BCUT2D eigenvalue weighted by atomic mass is 9.97. The first-order valence-corrected chi connectivity index (χ1v) is 31.2. The number of rotatable bonds is 50. The van der Waals surface area contributed by atoms with Crippen molar-refractivity contribution in [1.29, 1.82) is 0 Å². The molecule has 0 aliphatic carbocycles. The highest BCUT2D eigenvalue weighted by Gasteiger charge is 2.51. The highest BCUT2D eigenvalue weighted by atomic mass is 16.7. The average Bonchev–Trinajstić information content (AvgIpc) is 3.42. The van der Waals surface area contributed by atoms with Crippen molar-refractivity contribution in [2.45, 2.75) is 331 Å². The van der Waals surface area contributed by atoms with Crippen LogP contribution in [0.4, 0.5) is 0 Å². The summed E-state index contributed by atoms with van der Waals surface area (Å²) in [6, 6.07) is -0.935. The Morgan fingerprint density at radius 3 is 1.29 bits per heavy atom. The molecule has 9 N–H and O–H groups in total. The van der Waals surface area contributed by atoms with Gasteiger partial charge in [0.1, 0.15) is 48.8 Å². The molecule has 2 fully saturated rings. The number of hydrogen-bond acceptors (Lipinski definition) is 13. The molecule has 14 heteroatoms. The van der Waals surface area contributed by atoms with Crippen molar-refractivity contribution in [3.05, 3.63) is 36.5 Å². The minimum absolute atomic E-state index is 0.249. The highest BCUT2D eigenvalue weighted by Crippen LogP contribution is 2.30. The molecule has 0 aromatic rings. The van der Waals surface area contributed by atoms with Gasteiger partial charge in [0.25, 0.3) is 0 Å². The Morgan fingerprint density at radius 2 is 0.842 bits per heavy atom. The summed E-state index contributed by atoms with van der Waals surface area (Å²) in [7, 11) is 0. The lowest BCUT2D eigenvalue weighted by molar-refractivity contribution is -0.359. The third-order valence-corrected chi connectivity index (χ3v) is 15.3. The van der Waals surface area contributed by atoms with E-state index >= 15 is 0 Å². The van der Waals surface area contributed by atoms with Crippen LogP contribution in [0.2, 0.25) is 0 Å². The zero-order chi connectivity index (χ0) is 55.3. The number of unbranched alkanes of at least 4 members (excludes halogenated alkanes) is 33. The van der Waals surface area contributed by atoms with Crippen LogP contribution in [-0.4, -0.2) is 140 Å². The van der Waals surface area contributed by atoms with E-state index in [0.29, 0.717) is 12.8 Å². The number of nitrogens with one attached hydrogen (secondary N) is 1. The molecule has 14 nitrogen and oxygen atoms in total. The summed E-state index contributed by atoms with van der Waals surface area (Å²) in [5.74, 6) is -0.249. The van der Waals surface area contributed by atoms with E-state index in [0.717, 1.165) is 44.9 Å². The van der Waals surface area contributed by atoms with Crippen LogP contribution in [0.3, 0.4) is 0 Å². The molecule has 0 aromatic carbocycles. The van der Waals surface area contributed by atoms with E-state index in [4.69, 9.17) is 18.9 Å². The van der Waals surface area contributed by atoms with E-state index in [1.165, 1.54) is 180 Å². The van der Waals surface area contributed by atoms with E-state index in [2.05, 4.69) is 43.5 Å². The van der Waals surface area contributed by atoms with Crippen molar-refractivity contribution in [1.82, 2.24) is 5.32 Å². The third kappa shape index (κ3) is 33.1. The predicted octanol–water partition coefficient (Wildman–Crippen LogP) is 11.0. The lowest BCUT2D eigenvalue weighted by Crippen LogP contribution is -2.65. The summed E-state index contributed by atoms with van der Waals surface area (Å²) < 4.78 is 22.8. The lowest BCUT2D eigenvalue weighted by Gasteiger charge is -2.46. The second-order valence-corrected chi connectivity index (χ2v) is 22.2. The second kappa shape index (κ2) is 48.0. The molecule has 1 amide bonds. The van der Waals surface area contributed by atoms with Crippen LogP contribution in [-0.2, 0) is 23.7 Å². The normalized spacial score (nSPS) is 25.1. The molecule has 0 radical (unpaired) electrons. The number of allylic oxidation sites excluding steroid dienone is 5. The van der Waals surface area contributed by atoms with Crippen LogP contribution in [0.1, 0.15) is 258 Å². The van der Waals surface area contributed by atoms with Gasteiger partial charge in [0.05, 0.1) is 32.0 Å². The molecule has 2 aliphatic rings. The van der Waals surface area contributed by atoms with E-state index < -0.39 is 86.8 Å². The number of carbonyl (C=O) groups excluding carboxylic acids is 1. The van der Waals surface area contributed by atoms with Gasteiger partial charge in [-0.05, 0) is 44.9 Å². The predicted molar refractivity (Wildman–Crippen MR) is 305 cm³/mol. The molecule has 0 spiro atoms. The summed E-state index contributed by atoms with van der Waals surface area (Å²) in [5, 5.41) is 87.1. The van der Waals surface area contributed by atoms with Crippen LogP contribution >= 0.6 is 0 Å². The van der Waals surface area contributed by atoms with Gasteiger partial charge in [-0.2, -0.15) is 0 Å². The zero-order valence-electron chi connectivity index (χ0n) is 48.0. The summed E-state index contributed by atoms with van der Waals surface area (Å²) in [4.78, 5) is 13.3. The average molecular weight is 1080 g/mol. The molecule has 0 bridgehead atoms. The molecular weight excluding hydrogens is 967 g/mol. The number of aliphatic hydroxyl groups is 8. The van der Waals surface area contributed by atoms with Gasteiger partial charge in [-0.25, -0.2) is 0 Å². The largest absolute Gasteiger partial charge is 0.394 e. The minimum atomic E-state index is -1.79. The van der Waals surface area contributed by atoms with Crippen molar-refractivity contribution in [2.24, 2.45) is 0 Å². The first kappa shape index (κ1) is 70.3. The van der Waals surface area contributed by atoms with Gasteiger partial charge in [0.2, 0.25) is 5.91 Å². The maximum Gasteiger partial charge on any atom is 0.220 e. The number of carbonyl (C=O) groups is 1. The van der Waals surface area contributed by atoms with E-state index in [9.17, 15) is 45.6 Å². The number of aliphatic hydroxyl groups excluding tert-OH is 8. The van der Waals surface area contributed by atoms with Gasteiger partial charge in [0, 0.05) is 6.42 Å². The highest BCUT2D eigenvalue weighted by molar-refractivity contribution is 5.76. The van der Waals surface area contributed by atoms with E-state index in [-0.39, 0.29) is 18.9 Å². The van der Waals surface area contributed by atoms with Gasteiger partial charge >= 0.3 is 0 Å². The van der Waals surface area contributed by atoms with Crippen LogP contribution < -0.4 is 5.32 Å². The monoisotopic (exact) mass is 1080 g/mol. The third-order valence-electron chi connectivity index (χ3n) is 15.3. The Bertz CT molecular complexity index is 1410. The van der Waals surface area contributed by atoms with E-state index in [1.54, 1.807) is 6.08 Å². The van der Waals surface area contributed by atoms with Crippen LogP contribution in [0.5, 0.6) is 0 Å². The fourth-order valence-corrected chi connectivity index (χ4v) is 10.3. The fourth-order valence-electron chi connectivity index (χ4n) is 10.3. The summed E-state index contributed by atoms with van der Waals surface area (Å²) in [6.45, 7) is 2.80. The Hall–Kier alpha value is -1.79. The maximum atomic E-state index is 13.3. The van der Waals surface area contributed by atoms with E-state index in [1.807, 2.05) is 6.08 Å². The Labute approximate surface area is 461 Å². The SMILES string of the molecule is CCCCCCCCCCCCCCC/C=C/CC/C=C/CC/C=C/C(O)C(COC1OC(CO)C(OC2OC(CO)C(O)C(O)C2O)C(O)C1O)NC(=O)CCCCCCCCCCCCCCCCCCCCC. The van der Waals surface area contributed by atoms with Crippen molar-refractivity contribution in [3.8, 4) is 0 Å². The molecular formula is C62H115NO13. The Kier molecular flexibility index (Phi) is 44.4. The fraction of sp³-hybridized carbons (Fsp3) is 0.887. The molecule has 76 heavy (non-hydrogen) atoms. The Morgan fingerprint density at radius 1 is 0.461 bits per heavy atom. The molecule has 12 atom stereocenters. The topological polar surface area (TPSA) is 228 Å². The number of hydrogen-bond donors (Lipinski definition) is 9. The van der Waals surface area contributed by atoms with Crippen molar-refractivity contribution < 1.29 is 64.6 Å². The number of ether oxygens (including phenoxy) is 4. The standard InChI is InChI=1S/C62H115NO13/c1-3-5-7-9-11-13-15-17-19-21-23-24-25-26-28-29-31-33-35-37-39-41-43-45-51(66)50(63-54(67)46-44-42-40-38-36-34-32-30-27-22-20-18-16-14-12-10-8-6-4-2)49-73-61-59(72)57(70)60(53(48-65)75-61)76-62-58(71)56(69)55(68)52(47-64)74-62/h28-29,35,37,43,45,50-53,55-62,64-66,68-72H,3-27,30-34,36,38-42,44,46-49H2,1-2H3,(H,63,67)/b29-28+,37-35+,45-43+. The zero-order valence-corrected chi connectivity index (χ0v) is 48.0. The summed E-state index contributed by atoms with van der Waals surface area (Å²) in [5.41, 5.74) is 0. The van der Waals surface area contributed by atoms with Crippen LogP contribution in [0.15, 0.2) is 36.5 Å². The molecule has 0 aromatic heterocycles. The first-order chi connectivity index (χ1) is 37.1. The van der Waals surface area contributed by atoms with Gasteiger partial charge in [-0.1, -0.05) is 243 Å². The Balaban J connectivity index is 1.77.